The van der Waals surface area contributed by atoms with E-state index in [0.717, 1.165) is 16.5 Å². The van der Waals surface area contributed by atoms with Gasteiger partial charge in [0.25, 0.3) is 0 Å². The van der Waals surface area contributed by atoms with Crippen LogP contribution in [0.1, 0.15) is 6.92 Å². The Balaban J connectivity index is 2.48. The lowest BCUT2D eigenvalue weighted by molar-refractivity contribution is 0.341. The van der Waals surface area contributed by atoms with E-state index < -0.39 is 0 Å². The van der Waals surface area contributed by atoms with E-state index in [4.69, 9.17) is 4.74 Å². The van der Waals surface area contributed by atoms with E-state index in [2.05, 4.69) is 4.99 Å². The van der Waals surface area contributed by atoms with Crippen LogP contribution in [-0.4, -0.2) is 12.7 Å². The molecule has 0 N–H and O–H groups in total. The van der Waals surface area contributed by atoms with Crippen LogP contribution >= 0.6 is 0 Å². The summed E-state index contributed by atoms with van der Waals surface area (Å²) in [5.41, 5.74) is 0.617. The number of carbonyl (C=O) groups excluding carboxylic acids is 1. The van der Waals surface area contributed by atoms with Crippen molar-refractivity contribution in [1.29, 1.82) is 0 Å². The molecule has 3 nitrogen and oxygen atoms in total. The average molecular weight is 213 g/mol. The molecule has 0 unspecified atom stereocenters. The lowest BCUT2D eigenvalue weighted by Gasteiger charge is -2.04. The Hall–Kier alpha value is -2.12. The van der Waals surface area contributed by atoms with Gasteiger partial charge in [0.15, 0.2) is 0 Å². The predicted molar refractivity (Wildman–Crippen MR) is 62.9 cm³/mol. The molecule has 0 atom stereocenters. The number of ether oxygens (including phenoxy) is 1. The van der Waals surface area contributed by atoms with Crippen LogP contribution in [-0.2, 0) is 4.79 Å². The Bertz CT molecular complexity index is 557. The SMILES string of the molecule is CCOc1ccc2cc(N=C=O)ccc2c1. The second-order valence-electron chi connectivity index (χ2n) is 3.33. The predicted octanol–water partition coefficient (Wildman–Crippen LogP) is 3.21. The molecule has 80 valence electrons. The molecule has 0 saturated heterocycles. The summed E-state index contributed by atoms with van der Waals surface area (Å²) in [6.07, 6.45) is 1.53. The Morgan fingerprint density at radius 2 is 1.94 bits per heavy atom. The van der Waals surface area contributed by atoms with Gasteiger partial charge in [-0.3, -0.25) is 0 Å². The third kappa shape index (κ3) is 2.10. The van der Waals surface area contributed by atoms with E-state index in [1.807, 2.05) is 37.3 Å². The molecule has 2 aromatic carbocycles. The van der Waals surface area contributed by atoms with Gasteiger partial charge in [-0.15, -0.1) is 0 Å². The van der Waals surface area contributed by atoms with Gasteiger partial charge in [-0.2, -0.15) is 4.99 Å². The van der Waals surface area contributed by atoms with Crippen LogP contribution in [0.4, 0.5) is 5.69 Å². The highest BCUT2D eigenvalue weighted by molar-refractivity contribution is 5.86. The molecule has 2 aromatic rings. The van der Waals surface area contributed by atoms with Crippen molar-refractivity contribution in [3.05, 3.63) is 36.4 Å². The first-order valence-corrected chi connectivity index (χ1v) is 5.08. The Kier molecular flexibility index (Phi) is 2.99. The van der Waals surface area contributed by atoms with Crippen LogP contribution in [0.5, 0.6) is 5.75 Å². The molecular formula is C13H11NO2. The van der Waals surface area contributed by atoms with Crippen molar-refractivity contribution in [3.63, 3.8) is 0 Å². The Morgan fingerprint density at radius 3 is 2.69 bits per heavy atom. The van der Waals surface area contributed by atoms with Crippen molar-refractivity contribution in [2.45, 2.75) is 6.92 Å². The normalized spacial score (nSPS) is 9.81. The van der Waals surface area contributed by atoms with E-state index in [9.17, 15) is 4.79 Å². The van der Waals surface area contributed by atoms with Gasteiger partial charge in [0, 0.05) is 0 Å². The van der Waals surface area contributed by atoms with Gasteiger partial charge in [0.2, 0.25) is 6.08 Å². The van der Waals surface area contributed by atoms with Crippen molar-refractivity contribution >= 4 is 22.5 Å². The van der Waals surface area contributed by atoms with E-state index >= 15 is 0 Å². The monoisotopic (exact) mass is 213 g/mol. The number of isocyanates is 1. The second kappa shape index (κ2) is 4.60. The molecule has 2 rings (SSSR count). The van der Waals surface area contributed by atoms with Gasteiger partial charge < -0.3 is 4.74 Å². The van der Waals surface area contributed by atoms with Crippen LogP contribution in [0.2, 0.25) is 0 Å². The number of fused-ring (bicyclic) bond motifs is 1. The molecule has 0 saturated carbocycles. The van der Waals surface area contributed by atoms with Gasteiger partial charge in [-0.1, -0.05) is 12.1 Å². The van der Waals surface area contributed by atoms with Crippen LogP contribution < -0.4 is 4.74 Å². The molecule has 0 heterocycles. The van der Waals surface area contributed by atoms with Crippen LogP contribution in [0.15, 0.2) is 41.4 Å². The minimum Gasteiger partial charge on any atom is -0.494 e. The van der Waals surface area contributed by atoms with Crippen molar-refractivity contribution in [3.8, 4) is 5.75 Å². The Labute approximate surface area is 93.4 Å². The molecule has 0 bridgehead atoms. The lowest BCUT2D eigenvalue weighted by atomic mass is 10.1. The highest BCUT2D eigenvalue weighted by atomic mass is 16.5. The lowest BCUT2D eigenvalue weighted by Crippen LogP contribution is -1.90. The van der Waals surface area contributed by atoms with E-state index in [1.54, 1.807) is 6.07 Å². The summed E-state index contributed by atoms with van der Waals surface area (Å²) in [5, 5.41) is 2.09. The number of rotatable bonds is 3. The fraction of sp³-hybridized carbons (Fsp3) is 0.154. The van der Waals surface area contributed by atoms with Gasteiger partial charge in [-0.25, -0.2) is 4.79 Å². The molecule has 0 aliphatic heterocycles. The second-order valence-corrected chi connectivity index (χ2v) is 3.33. The van der Waals surface area contributed by atoms with E-state index in [0.29, 0.717) is 12.3 Å². The molecule has 0 radical (unpaired) electrons. The number of hydrogen-bond acceptors (Lipinski definition) is 3. The van der Waals surface area contributed by atoms with Crippen molar-refractivity contribution in [2.24, 2.45) is 4.99 Å². The molecule has 0 fully saturated rings. The summed E-state index contributed by atoms with van der Waals surface area (Å²) >= 11 is 0. The fourth-order valence-corrected chi connectivity index (χ4v) is 1.59. The maximum Gasteiger partial charge on any atom is 0.240 e. The molecule has 0 aliphatic rings. The first-order valence-electron chi connectivity index (χ1n) is 5.08. The van der Waals surface area contributed by atoms with Crippen molar-refractivity contribution < 1.29 is 9.53 Å². The molecule has 3 heteroatoms. The zero-order valence-corrected chi connectivity index (χ0v) is 8.93. The van der Waals surface area contributed by atoms with Gasteiger partial charge in [-0.05, 0) is 42.0 Å². The van der Waals surface area contributed by atoms with Crippen LogP contribution in [0.3, 0.4) is 0 Å². The van der Waals surface area contributed by atoms with Crippen LogP contribution in [0.25, 0.3) is 10.8 Å². The van der Waals surface area contributed by atoms with Gasteiger partial charge in [0.1, 0.15) is 5.75 Å². The Morgan fingerprint density at radius 1 is 1.19 bits per heavy atom. The number of nitrogens with zero attached hydrogens (tertiary/aromatic N) is 1. The van der Waals surface area contributed by atoms with Crippen LogP contribution in [0, 0.1) is 0 Å². The van der Waals surface area contributed by atoms with Gasteiger partial charge >= 0.3 is 0 Å². The summed E-state index contributed by atoms with van der Waals surface area (Å²) in [6.45, 7) is 2.60. The zero-order chi connectivity index (χ0) is 11.4. The molecule has 16 heavy (non-hydrogen) atoms. The molecule has 0 aromatic heterocycles. The molecular weight excluding hydrogens is 202 g/mol. The topological polar surface area (TPSA) is 38.7 Å². The summed E-state index contributed by atoms with van der Waals surface area (Å²) in [7, 11) is 0. The molecule has 0 spiro atoms. The zero-order valence-electron chi connectivity index (χ0n) is 8.93. The van der Waals surface area contributed by atoms with Crippen molar-refractivity contribution in [2.75, 3.05) is 6.61 Å². The number of hydrogen-bond donors (Lipinski definition) is 0. The summed E-state index contributed by atoms with van der Waals surface area (Å²) in [6, 6.07) is 11.4. The summed E-state index contributed by atoms with van der Waals surface area (Å²) < 4.78 is 5.41. The molecule has 0 aliphatic carbocycles. The number of benzene rings is 2. The third-order valence-electron chi connectivity index (χ3n) is 2.28. The standard InChI is InChI=1S/C13H11NO2/c1-2-16-13-6-4-10-7-12(14-9-15)5-3-11(10)8-13/h3-8H,2H2,1H3. The smallest absolute Gasteiger partial charge is 0.240 e. The minimum absolute atomic E-state index is 0.617. The maximum atomic E-state index is 10.1. The number of aliphatic imine (C=N–C) groups is 1. The maximum absolute atomic E-state index is 10.1. The quantitative estimate of drug-likeness (QED) is 0.580. The van der Waals surface area contributed by atoms with E-state index in [-0.39, 0.29) is 0 Å². The minimum atomic E-state index is 0.617. The summed E-state index contributed by atoms with van der Waals surface area (Å²) in [5.74, 6) is 0.849. The molecule has 0 amide bonds. The highest BCUT2D eigenvalue weighted by Crippen LogP contribution is 2.24. The average Bonchev–Trinajstić information content (AvgIpc) is 2.30. The highest BCUT2D eigenvalue weighted by Gasteiger charge is 1.98. The van der Waals surface area contributed by atoms with E-state index in [1.165, 1.54) is 6.08 Å². The first-order chi connectivity index (χ1) is 7.83. The largest absolute Gasteiger partial charge is 0.494 e. The first kappa shape index (κ1) is 10.4. The van der Waals surface area contributed by atoms with Gasteiger partial charge in [0.05, 0.1) is 12.3 Å². The summed E-state index contributed by atoms with van der Waals surface area (Å²) in [4.78, 5) is 13.7. The fourth-order valence-electron chi connectivity index (χ4n) is 1.59. The van der Waals surface area contributed by atoms with Crippen molar-refractivity contribution in [1.82, 2.24) is 0 Å². The third-order valence-corrected chi connectivity index (χ3v) is 2.28.